The number of nitrogen functional groups attached to an aromatic ring is 1. The summed E-state index contributed by atoms with van der Waals surface area (Å²) in [6.45, 7) is 1.88. The summed E-state index contributed by atoms with van der Waals surface area (Å²) >= 11 is 5.73. The molecule has 1 aromatic heterocycles. The molecular formula is C8H10ClN3. The summed E-state index contributed by atoms with van der Waals surface area (Å²) in [6, 6.07) is 1.73. The number of hydrogen-bond donors (Lipinski definition) is 1. The summed E-state index contributed by atoms with van der Waals surface area (Å²) in [5, 5.41) is 0.441. The number of rotatable bonds is 1. The Kier molecular flexibility index (Phi) is 2.65. The van der Waals surface area contributed by atoms with Crippen LogP contribution in [0.1, 0.15) is 11.3 Å². The van der Waals surface area contributed by atoms with Crippen molar-refractivity contribution in [1.29, 1.82) is 0 Å². The number of halogens is 1. The molecule has 0 saturated heterocycles. The normalized spacial score (nSPS) is 10.9. The highest BCUT2D eigenvalue weighted by Gasteiger charge is 2.02. The smallest absolute Gasteiger partial charge is 0.130 e. The minimum atomic E-state index is 0.441. The summed E-state index contributed by atoms with van der Waals surface area (Å²) in [5.74, 6) is 0. The van der Waals surface area contributed by atoms with Crippen LogP contribution < -0.4 is 5.73 Å². The molecule has 0 radical (unpaired) electrons. The molecule has 1 rings (SSSR count). The number of aryl methyl sites for hydroxylation is 1. The van der Waals surface area contributed by atoms with E-state index in [9.17, 15) is 0 Å². The molecule has 0 bridgehead atoms. The van der Waals surface area contributed by atoms with Gasteiger partial charge in [0.1, 0.15) is 10.8 Å². The lowest BCUT2D eigenvalue weighted by Crippen LogP contribution is -1.99. The van der Waals surface area contributed by atoms with Crippen molar-refractivity contribution in [3.05, 3.63) is 22.5 Å². The fourth-order valence-electron chi connectivity index (χ4n) is 0.887. The monoisotopic (exact) mass is 183 g/mol. The van der Waals surface area contributed by atoms with Gasteiger partial charge in [-0.25, -0.2) is 4.98 Å². The van der Waals surface area contributed by atoms with Crippen LogP contribution in [0.5, 0.6) is 0 Å². The lowest BCUT2D eigenvalue weighted by Gasteiger charge is -2.03. The SMILES string of the molecule is CN=Cc1nc(Cl)cc(C)c1N. The number of aromatic nitrogens is 1. The lowest BCUT2D eigenvalue weighted by molar-refractivity contribution is 1.26. The van der Waals surface area contributed by atoms with Gasteiger partial charge in [-0.1, -0.05) is 11.6 Å². The van der Waals surface area contributed by atoms with E-state index in [2.05, 4.69) is 9.98 Å². The fourth-order valence-corrected chi connectivity index (χ4v) is 1.14. The topological polar surface area (TPSA) is 51.3 Å². The Morgan fingerprint density at radius 2 is 2.33 bits per heavy atom. The standard InChI is InChI=1S/C8H10ClN3/c1-5-3-7(9)12-6(4-11-2)8(5)10/h3-4H,10H2,1-2H3. The van der Waals surface area contributed by atoms with Gasteiger partial charge in [-0.15, -0.1) is 0 Å². The van der Waals surface area contributed by atoms with E-state index >= 15 is 0 Å². The van der Waals surface area contributed by atoms with Crippen LogP contribution in [-0.4, -0.2) is 18.2 Å². The third-order valence-corrected chi connectivity index (χ3v) is 1.71. The number of aliphatic imine (C=N–C) groups is 1. The first-order valence-corrected chi connectivity index (χ1v) is 3.87. The van der Waals surface area contributed by atoms with E-state index in [0.29, 0.717) is 16.5 Å². The van der Waals surface area contributed by atoms with Crippen LogP contribution >= 0.6 is 11.6 Å². The highest BCUT2D eigenvalue weighted by molar-refractivity contribution is 6.29. The third kappa shape index (κ3) is 1.74. The number of pyridine rings is 1. The molecule has 0 unspecified atom stereocenters. The molecule has 12 heavy (non-hydrogen) atoms. The van der Waals surface area contributed by atoms with Gasteiger partial charge >= 0.3 is 0 Å². The molecular weight excluding hydrogens is 174 g/mol. The number of nitrogens with zero attached hydrogens (tertiary/aromatic N) is 2. The van der Waals surface area contributed by atoms with Crippen molar-refractivity contribution in [2.24, 2.45) is 4.99 Å². The van der Waals surface area contributed by atoms with Crippen molar-refractivity contribution >= 4 is 23.5 Å². The largest absolute Gasteiger partial charge is 0.397 e. The molecule has 0 aliphatic rings. The maximum absolute atomic E-state index is 5.73. The van der Waals surface area contributed by atoms with Crippen LogP contribution in [0.25, 0.3) is 0 Å². The molecule has 0 fully saturated rings. The molecule has 2 N–H and O–H groups in total. The second-order valence-electron chi connectivity index (χ2n) is 2.45. The minimum absolute atomic E-state index is 0.441. The summed E-state index contributed by atoms with van der Waals surface area (Å²) in [6.07, 6.45) is 1.59. The first-order valence-electron chi connectivity index (χ1n) is 3.50. The molecule has 0 aliphatic heterocycles. The van der Waals surface area contributed by atoms with Gasteiger partial charge in [0.25, 0.3) is 0 Å². The zero-order chi connectivity index (χ0) is 9.14. The van der Waals surface area contributed by atoms with E-state index < -0.39 is 0 Å². The van der Waals surface area contributed by atoms with E-state index in [4.69, 9.17) is 17.3 Å². The van der Waals surface area contributed by atoms with E-state index in [1.165, 1.54) is 0 Å². The predicted octanol–water partition coefficient (Wildman–Crippen LogP) is 1.67. The number of nitrogens with two attached hydrogens (primary N) is 1. The predicted molar refractivity (Wildman–Crippen MR) is 51.9 cm³/mol. The van der Waals surface area contributed by atoms with Gasteiger partial charge in [0.15, 0.2) is 0 Å². The van der Waals surface area contributed by atoms with Crippen molar-refractivity contribution in [3.63, 3.8) is 0 Å². The van der Waals surface area contributed by atoms with E-state index in [1.54, 1.807) is 19.3 Å². The quantitative estimate of drug-likeness (QED) is 0.532. The third-order valence-electron chi connectivity index (χ3n) is 1.52. The highest BCUT2D eigenvalue weighted by Crippen LogP contribution is 2.17. The highest BCUT2D eigenvalue weighted by atomic mass is 35.5. The minimum Gasteiger partial charge on any atom is -0.397 e. The van der Waals surface area contributed by atoms with Gasteiger partial charge in [-0.05, 0) is 18.6 Å². The molecule has 0 aliphatic carbocycles. The van der Waals surface area contributed by atoms with E-state index in [0.717, 1.165) is 5.56 Å². The Bertz CT molecular complexity index is 320. The second kappa shape index (κ2) is 3.54. The Labute approximate surface area is 76.3 Å². The van der Waals surface area contributed by atoms with Crippen LogP contribution in [0.15, 0.2) is 11.1 Å². The van der Waals surface area contributed by atoms with Gasteiger partial charge in [0.2, 0.25) is 0 Å². The molecule has 1 aromatic rings. The Hall–Kier alpha value is -1.09. The zero-order valence-electron chi connectivity index (χ0n) is 7.00. The summed E-state index contributed by atoms with van der Waals surface area (Å²) in [7, 11) is 1.66. The van der Waals surface area contributed by atoms with Gasteiger partial charge in [0, 0.05) is 13.3 Å². The van der Waals surface area contributed by atoms with Crippen molar-refractivity contribution in [3.8, 4) is 0 Å². The molecule has 4 heteroatoms. The van der Waals surface area contributed by atoms with Crippen molar-refractivity contribution < 1.29 is 0 Å². The molecule has 64 valence electrons. The Morgan fingerprint density at radius 1 is 1.67 bits per heavy atom. The van der Waals surface area contributed by atoms with Gasteiger partial charge < -0.3 is 5.73 Å². The van der Waals surface area contributed by atoms with E-state index in [1.807, 2.05) is 6.92 Å². The van der Waals surface area contributed by atoms with Crippen molar-refractivity contribution in [2.75, 3.05) is 12.8 Å². The summed E-state index contributed by atoms with van der Waals surface area (Å²) in [4.78, 5) is 7.84. The van der Waals surface area contributed by atoms with Crippen LogP contribution in [0.3, 0.4) is 0 Å². The second-order valence-corrected chi connectivity index (χ2v) is 2.84. The van der Waals surface area contributed by atoms with Crippen molar-refractivity contribution in [1.82, 2.24) is 4.98 Å². The van der Waals surface area contributed by atoms with Crippen molar-refractivity contribution in [2.45, 2.75) is 6.92 Å². The average molecular weight is 184 g/mol. The first kappa shape index (κ1) is 9.00. The van der Waals surface area contributed by atoms with Gasteiger partial charge in [0.05, 0.1) is 5.69 Å². The molecule has 0 spiro atoms. The number of anilines is 1. The maximum Gasteiger partial charge on any atom is 0.130 e. The molecule has 0 aromatic carbocycles. The molecule has 0 saturated carbocycles. The zero-order valence-corrected chi connectivity index (χ0v) is 7.76. The van der Waals surface area contributed by atoms with Gasteiger partial charge in [-0.2, -0.15) is 0 Å². The Balaban J connectivity index is 3.27. The Morgan fingerprint density at radius 3 is 2.92 bits per heavy atom. The summed E-state index contributed by atoms with van der Waals surface area (Å²) < 4.78 is 0. The fraction of sp³-hybridized carbons (Fsp3) is 0.250. The summed E-state index contributed by atoms with van der Waals surface area (Å²) in [5.41, 5.74) is 7.90. The average Bonchev–Trinajstić information content (AvgIpc) is 2.00. The van der Waals surface area contributed by atoms with Crippen LogP contribution in [0, 0.1) is 6.92 Å². The molecule has 1 heterocycles. The van der Waals surface area contributed by atoms with Crippen LogP contribution in [0.2, 0.25) is 5.15 Å². The molecule has 0 amide bonds. The molecule has 0 atom stereocenters. The lowest BCUT2D eigenvalue weighted by atomic mass is 10.2. The van der Waals surface area contributed by atoms with E-state index in [-0.39, 0.29) is 0 Å². The number of hydrogen-bond acceptors (Lipinski definition) is 3. The maximum atomic E-state index is 5.73. The molecule has 3 nitrogen and oxygen atoms in total. The van der Waals surface area contributed by atoms with Gasteiger partial charge in [-0.3, -0.25) is 4.99 Å². The van der Waals surface area contributed by atoms with Crippen LogP contribution in [0.4, 0.5) is 5.69 Å². The first-order chi connectivity index (χ1) is 5.65. The van der Waals surface area contributed by atoms with Crippen LogP contribution in [-0.2, 0) is 0 Å².